The van der Waals surface area contributed by atoms with E-state index in [0.717, 1.165) is 26.2 Å². The Labute approximate surface area is 102 Å². The fraction of sp³-hybridized carbons (Fsp3) is 1.00. The van der Waals surface area contributed by atoms with E-state index in [4.69, 9.17) is 0 Å². The molecule has 1 atom stereocenters. The first-order valence-electron chi connectivity index (χ1n) is 5.85. The highest BCUT2D eigenvalue weighted by atomic mass is 35.5. The van der Waals surface area contributed by atoms with Gasteiger partial charge in [0.25, 0.3) is 0 Å². The Kier molecular flexibility index (Phi) is 9.82. The molecule has 94 valence electrons. The molecule has 0 fully saturated rings. The number of likely N-dealkylation sites (N-methyl/N-ethyl adjacent to an activating group) is 1. The van der Waals surface area contributed by atoms with Gasteiger partial charge >= 0.3 is 0 Å². The second-order valence-corrected chi connectivity index (χ2v) is 5.26. The molecule has 0 bridgehead atoms. The van der Waals surface area contributed by atoms with Crippen LogP contribution in [0.5, 0.6) is 0 Å². The highest BCUT2D eigenvalue weighted by Gasteiger charge is 2.12. The summed E-state index contributed by atoms with van der Waals surface area (Å²) in [6, 6.07) is 0.646. The first kappa shape index (κ1) is 17.6. The van der Waals surface area contributed by atoms with E-state index in [2.05, 4.69) is 51.8 Å². The summed E-state index contributed by atoms with van der Waals surface area (Å²) < 4.78 is 0. The van der Waals surface area contributed by atoms with Gasteiger partial charge in [-0.1, -0.05) is 34.6 Å². The lowest BCUT2D eigenvalue weighted by Crippen LogP contribution is -2.42. The number of hydrogen-bond acceptors (Lipinski definition) is 2. The van der Waals surface area contributed by atoms with Crippen LogP contribution >= 0.6 is 12.4 Å². The lowest BCUT2D eigenvalue weighted by molar-refractivity contribution is 0.219. The van der Waals surface area contributed by atoms with Gasteiger partial charge < -0.3 is 5.32 Å². The fourth-order valence-corrected chi connectivity index (χ4v) is 1.63. The van der Waals surface area contributed by atoms with Crippen LogP contribution in [0.25, 0.3) is 0 Å². The van der Waals surface area contributed by atoms with E-state index in [1.807, 2.05) is 0 Å². The van der Waals surface area contributed by atoms with Crippen LogP contribution in [0.15, 0.2) is 0 Å². The largest absolute Gasteiger partial charge is 0.315 e. The normalized spacial score (nSPS) is 13.8. The van der Waals surface area contributed by atoms with Gasteiger partial charge in [-0.3, -0.25) is 4.90 Å². The zero-order valence-corrected chi connectivity index (χ0v) is 12.1. The first-order chi connectivity index (χ1) is 6.40. The van der Waals surface area contributed by atoms with Crippen LogP contribution in [-0.2, 0) is 0 Å². The average Bonchev–Trinajstić information content (AvgIpc) is 2.04. The maximum atomic E-state index is 3.53. The third-order valence-electron chi connectivity index (χ3n) is 2.53. The lowest BCUT2D eigenvalue weighted by Gasteiger charge is -2.28. The van der Waals surface area contributed by atoms with Crippen LogP contribution in [0.4, 0.5) is 0 Å². The predicted molar refractivity (Wildman–Crippen MR) is 72.0 cm³/mol. The van der Waals surface area contributed by atoms with Crippen molar-refractivity contribution in [3.8, 4) is 0 Å². The molecule has 1 N–H and O–H groups in total. The molecule has 0 spiro atoms. The number of hydrogen-bond donors (Lipinski definition) is 1. The molecule has 0 heterocycles. The molecule has 0 aromatic heterocycles. The third-order valence-corrected chi connectivity index (χ3v) is 2.53. The Bertz CT molecular complexity index is 139. The molecule has 0 aliphatic rings. The van der Waals surface area contributed by atoms with E-state index >= 15 is 0 Å². The maximum Gasteiger partial charge on any atom is 0.0192 e. The second kappa shape index (κ2) is 8.37. The van der Waals surface area contributed by atoms with Crippen molar-refractivity contribution in [1.82, 2.24) is 10.2 Å². The van der Waals surface area contributed by atoms with E-state index < -0.39 is 0 Å². The summed E-state index contributed by atoms with van der Waals surface area (Å²) in [7, 11) is 0. The Morgan fingerprint density at radius 2 is 1.60 bits per heavy atom. The summed E-state index contributed by atoms with van der Waals surface area (Å²) in [5.74, 6) is 0. The van der Waals surface area contributed by atoms with Gasteiger partial charge in [-0.25, -0.2) is 0 Å². The highest BCUT2D eigenvalue weighted by molar-refractivity contribution is 5.85. The molecule has 0 saturated carbocycles. The van der Waals surface area contributed by atoms with Crippen LogP contribution in [0, 0.1) is 5.41 Å². The first-order valence-corrected chi connectivity index (χ1v) is 5.85. The van der Waals surface area contributed by atoms with E-state index in [9.17, 15) is 0 Å². The summed E-state index contributed by atoms with van der Waals surface area (Å²) >= 11 is 0. The summed E-state index contributed by atoms with van der Waals surface area (Å²) in [6.07, 6.45) is 0. The number of nitrogens with one attached hydrogen (secondary N) is 1. The maximum absolute atomic E-state index is 3.53. The molecular formula is C12H29ClN2. The fourth-order valence-electron chi connectivity index (χ4n) is 1.63. The second-order valence-electron chi connectivity index (χ2n) is 5.26. The minimum absolute atomic E-state index is 0. The quantitative estimate of drug-likeness (QED) is 0.763. The molecular weight excluding hydrogens is 208 g/mol. The predicted octanol–water partition coefficient (Wildman–Crippen LogP) is 2.77. The number of nitrogens with zero attached hydrogens (tertiary/aromatic N) is 1. The van der Waals surface area contributed by atoms with Crippen LogP contribution in [0.2, 0.25) is 0 Å². The molecule has 0 rings (SSSR count). The summed E-state index contributed by atoms with van der Waals surface area (Å²) in [6.45, 7) is 18.0. The van der Waals surface area contributed by atoms with Crippen molar-refractivity contribution in [2.24, 2.45) is 5.41 Å². The van der Waals surface area contributed by atoms with Gasteiger partial charge in [0, 0.05) is 19.1 Å². The lowest BCUT2D eigenvalue weighted by atomic mass is 9.97. The summed E-state index contributed by atoms with van der Waals surface area (Å²) in [4.78, 5) is 2.48. The molecule has 1 unspecified atom stereocenters. The van der Waals surface area contributed by atoms with Crippen molar-refractivity contribution in [1.29, 1.82) is 0 Å². The van der Waals surface area contributed by atoms with Gasteiger partial charge in [0.05, 0.1) is 0 Å². The van der Waals surface area contributed by atoms with Crippen LogP contribution in [0.1, 0.15) is 41.5 Å². The van der Waals surface area contributed by atoms with Crippen molar-refractivity contribution in [2.45, 2.75) is 47.6 Å². The Hall–Kier alpha value is 0.210. The topological polar surface area (TPSA) is 15.3 Å². The molecule has 0 aliphatic heterocycles. The Morgan fingerprint density at radius 3 is 1.93 bits per heavy atom. The zero-order valence-electron chi connectivity index (χ0n) is 11.3. The van der Waals surface area contributed by atoms with Crippen molar-refractivity contribution in [2.75, 3.05) is 26.2 Å². The van der Waals surface area contributed by atoms with Crippen molar-refractivity contribution in [3.63, 3.8) is 0 Å². The summed E-state index contributed by atoms with van der Waals surface area (Å²) in [5, 5.41) is 3.53. The van der Waals surface area contributed by atoms with Gasteiger partial charge in [-0.05, 0) is 25.4 Å². The molecule has 0 aromatic carbocycles. The van der Waals surface area contributed by atoms with E-state index in [-0.39, 0.29) is 12.4 Å². The molecule has 2 nitrogen and oxygen atoms in total. The van der Waals surface area contributed by atoms with Gasteiger partial charge in [0.1, 0.15) is 0 Å². The van der Waals surface area contributed by atoms with Crippen molar-refractivity contribution >= 4 is 12.4 Å². The summed E-state index contributed by atoms with van der Waals surface area (Å²) in [5.41, 5.74) is 0.392. The third kappa shape index (κ3) is 9.16. The van der Waals surface area contributed by atoms with Crippen LogP contribution in [0.3, 0.4) is 0 Å². The molecule has 0 aliphatic carbocycles. The smallest absolute Gasteiger partial charge is 0.0192 e. The Morgan fingerprint density at radius 1 is 1.13 bits per heavy atom. The van der Waals surface area contributed by atoms with Gasteiger partial charge in [-0.2, -0.15) is 0 Å². The standard InChI is InChI=1S/C12H28N2.ClH/c1-7-14(8-2)11(3)9-13-10-12(4,5)6;/h11,13H,7-10H2,1-6H3;1H. The minimum atomic E-state index is 0. The number of halogens is 1. The zero-order chi connectivity index (χ0) is 11.2. The van der Waals surface area contributed by atoms with Gasteiger partial charge in [-0.15, -0.1) is 12.4 Å². The average molecular weight is 237 g/mol. The van der Waals surface area contributed by atoms with Gasteiger partial charge in [0.2, 0.25) is 0 Å². The molecule has 0 saturated heterocycles. The minimum Gasteiger partial charge on any atom is -0.315 e. The van der Waals surface area contributed by atoms with E-state index in [1.165, 1.54) is 0 Å². The van der Waals surface area contributed by atoms with Crippen molar-refractivity contribution in [3.05, 3.63) is 0 Å². The monoisotopic (exact) mass is 236 g/mol. The van der Waals surface area contributed by atoms with E-state index in [1.54, 1.807) is 0 Å². The molecule has 0 aromatic rings. The SMILES string of the molecule is CCN(CC)C(C)CNCC(C)(C)C.Cl. The van der Waals surface area contributed by atoms with Crippen molar-refractivity contribution < 1.29 is 0 Å². The molecule has 0 amide bonds. The molecule has 3 heteroatoms. The highest BCUT2D eigenvalue weighted by Crippen LogP contribution is 2.10. The number of rotatable bonds is 6. The van der Waals surface area contributed by atoms with E-state index in [0.29, 0.717) is 11.5 Å². The van der Waals surface area contributed by atoms with Crippen LogP contribution in [-0.4, -0.2) is 37.1 Å². The molecule has 15 heavy (non-hydrogen) atoms. The Balaban J connectivity index is 0. The van der Waals surface area contributed by atoms with Crippen LogP contribution < -0.4 is 5.32 Å². The molecule has 0 radical (unpaired) electrons. The van der Waals surface area contributed by atoms with Gasteiger partial charge in [0.15, 0.2) is 0 Å².